The summed E-state index contributed by atoms with van der Waals surface area (Å²) in [7, 11) is 1.27. The van der Waals surface area contributed by atoms with Crippen LogP contribution >= 0.6 is 11.6 Å². The highest BCUT2D eigenvalue weighted by atomic mass is 35.5. The van der Waals surface area contributed by atoms with Crippen LogP contribution in [0.1, 0.15) is 23.2 Å². The Balaban J connectivity index is 2.79. The Hall–Kier alpha value is -1.59. The summed E-state index contributed by atoms with van der Waals surface area (Å²) >= 11 is 5.86. The molecule has 1 amide bonds. The lowest BCUT2D eigenvalue weighted by Gasteiger charge is -2.07. The number of esters is 1. The quantitative estimate of drug-likeness (QED) is 0.800. The zero-order valence-electron chi connectivity index (χ0n) is 10.0. The smallest absolute Gasteiger partial charge is 0.339 e. The highest BCUT2D eigenvalue weighted by Gasteiger charge is 2.12. The molecule has 18 heavy (non-hydrogen) atoms. The number of hydrogen-bond acceptors (Lipinski definition) is 4. The first-order valence-electron chi connectivity index (χ1n) is 5.46. The van der Waals surface area contributed by atoms with Gasteiger partial charge in [-0.1, -0.05) is 11.6 Å². The van der Waals surface area contributed by atoms with E-state index in [1.165, 1.54) is 19.2 Å². The number of anilines is 1. The first kappa shape index (κ1) is 14.5. The minimum Gasteiger partial charge on any atom is -0.465 e. The van der Waals surface area contributed by atoms with Crippen LogP contribution in [0.25, 0.3) is 0 Å². The number of nitrogens with two attached hydrogens (primary N) is 1. The molecular weight excluding hydrogens is 256 g/mol. The lowest BCUT2D eigenvalue weighted by Crippen LogP contribution is -2.14. The molecule has 0 saturated carbocycles. The molecule has 0 atom stereocenters. The predicted octanol–water partition coefficient (Wildman–Crippen LogP) is 1.80. The molecule has 0 heterocycles. The van der Waals surface area contributed by atoms with Crippen LogP contribution in [0.2, 0.25) is 5.02 Å². The summed E-state index contributed by atoms with van der Waals surface area (Å²) < 4.78 is 4.59. The largest absolute Gasteiger partial charge is 0.465 e. The highest BCUT2D eigenvalue weighted by Crippen LogP contribution is 2.21. The number of hydrogen-bond donors (Lipinski definition) is 2. The normalized spacial score (nSPS) is 9.94. The fourth-order valence-corrected chi connectivity index (χ4v) is 1.55. The van der Waals surface area contributed by atoms with Gasteiger partial charge in [0.1, 0.15) is 0 Å². The van der Waals surface area contributed by atoms with Gasteiger partial charge in [-0.05, 0) is 31.2 Å². The molecule has 0 aliphatic heterocycles. The molecule has 0 aliphatic carbocycles. The zero-order chi connectivity index (χ0) is 13.5. The molecule has 98 valence electrons. The molecule has 1 rings (SSSR count). The van der Waals surface area contributed by atoms with E-state index < -0.39 is 5.97 Å². The topological polar surface area (TPSA) is 81.4 Å². The van der Waals surface area contributed by atoms with E-state index >= 15 is 0 Å². The number of carbonyl (C=O) groups excluding carboxylic acids is 2. The number of benzene rings is 1. The maximum absolute atomic E-state index is 11.5. The second kappa shape index (κ2) is 6.98. The Bertz CT molecular complexity index is 449. The van der Waals surface area contributed by atoms with Crippen LogP contribution in [0, 0.1) is 0 Å². The van der Waals surface area contributed by atoms with Crippen LogP contribution in [0.5, 0.6) is 0 Å². The summed E-state index contributed by atoms with van der Waals surface area (Å²) in [5, 5.41) is 2.94. The second-order valence-electron chi connectivity index (χ2n) is 3.63. The van der Waals surface area contributed by atoms with E-state index in [9.17, 15) is 9.59 Å². The third-order valence-electron chi connectivity index (χ3n) is 2.26. The monoisotopic (exact) mass is 270 g/mol. The first-order chi connectivity index (χ1) is 8.58. The molecule has 3 N–H and O–H groups in total. The van der Waals surface area contributed by atoms with Crippen molar-refractivity contribution in [3.8, 4) is 0 Å². The van der Waals surface area contributed by atoms with Crippen molar-refractivity contribution >= 4 is 29.2 Å². The Morgan fingerprint density at radius 2 is 2.17 bits per heavy atom. The van der Waals surface area contributed by atoms with Crippen LogP contribution in [-0.4, -0.2) is 25.5 Å². The summed E-state index contributed by atoms with van der Waals surface area (Å²) in [5.41, 5.74) is 6.03. The minimum atomic E-state index is -0.543. The average molecular weight is 271 g/mol. The molecule has 0 aromatic heterocycles. The molecular formula is C12H15ClN2O3. The van der Waals surface area contributed by atoms with Gasteiger partial charge in [0.25, 0.3) is 0 Å². The van der Waals surface area contributed by atoms with E-state index in [1.54, 1.807) is 6.07 Å². The summed E-state index contributed by atoms with van der Waals surface area (Å²) in [6.45, 7) is 0.460. The van der Waals surface area contributed by atoms with E-state index in [0.717, 1.165) is 0 Å². The predicted molar refractivity (Wildman–Crippen MR) is 69.7 cm³/mol. The van der Waals surface area contributed by atoms with E-state index in [4.69, 9.17) is 17.3 Å². The Labute approximate surface area is 110 Å². The number of ether oxygens (including phenoxy) is 1. The van der Waals surface area contributed by atoms with Crippen molar-refractivity contribution in [3.05, 3.63) is 28.8 Å². The molecule has 0 bridgehead atoms. The summed E-state index contributed by atoms with van der Waals surface area (Å²) in [5.74, 6) is -0.698. The standard InChI is InChI=1S/C12H15ClN2O3/c1-18-12(17)9-7-8(4-5-10(9)13)15-11(16)3-2-6-14/h4-5,7H,2-3,6,14H2,1H3,(H,15,16). The van der Waals surface area contributed by atoms with Gasteiger partial charge in [0, 0.05) is 12.1 Å². The molecule has 0 radical (unpaired) electrons. The van der Waals surface area contributed by atoms with Crippen LogP contribution < -0.4 is 11.1 Å². The van der Waals surface area contributed by atoms with E-state index in [2.05, 4.69) is 10.1 Å². The SMILES string of the molecule is COC(=O)c1cc(NC(=O)CCCN)ccc1Cl. The van der Waals surface area contributed by atoms with Gasteiger partial charge in [0.2, 0.25) is 5.91 Å². The van der Waals surface area contributed by atoms with Crippen LogP contribution in [0.3, 0.4) is 0 Å². The van der Waals surface area contributed by atoms with E-state index in [-0.39, 0.29) is 16.5 Å². The van der Waals surface area contributed by atoms with Crippen molar-refractivity contribution in [1.29, 1.82) is 0 Å². The Morgan fingerprint density at radius 1 is 1.44 bits per heavy atom. The van der Waals surface area contributed by atoms with Crippen molar-refractivity contribution in [2.75, 3.05) is 19.0 Å². The van der Waals surface area contributed by atoms with Crippen LogP contribution in [0.4, 0.5) is 5.69 Å². The molecule has 0 fully saturated rings. The van der Waals surface area contributed by atoms with E-state index in [0.29, 0.717) is 25.1 Å². The number of nitrogens with one attached hydrogen (secondary N) is 1. The molecule has 0 unspecified atom stereocenters. The van der Waals surface area contributed by atoms with Gasteiger partial charge in [-0.25, -0.2) is 4.79 Å². The third-order valence-corrected chi connectivity index (χ3v) is 2.59. The highest BCUT2D eigenvalue weighted by molar-refractivity contribution is 6.33. The fraction of sp³-hybridized carbons (Fsp3) is 0.333. The second-order valence-corrected chi connectivity index (χ2v) is 4.03. The number of rotatable bonds is 5. The maximum atomic E-state index is 11.5. The van der Waals surface area contributed by atoms with Crippen molar-refractivity contribution in [3.63, 3.8) is 0 Å². The van der Waals surface area contributed by atoms with Gasteiger partial charge in [-0.3, -0.25) is 4.79 Å². The third kappa shape index (κ3) is 4.01. The molecule has 0 saturated heterocycles. The van der Waals surface area contributed by atoms with Crippen molar-refractivity contribution in [2.24, 2.45) is 5.73 Å². The molecule has 5 nitrogen and oxygen atoms in total. The molecule has 1 aromatic carbocycles. The van der Waals surface area contributed by atoms with Crippen LogP contribution in [-0.2, 0) is 9.53 Å². The first-order valence-corrected chi connectivity index (χ1v) is 5.84. The van der Waals surface area contributed by atoms with Gasteiger partial charge in [0.05, 0.1) is 17.7 Å². The number of methoxy groups -OCH3 is 1. The summed E-state index contributed by atoms with van der Waals surface area (Å²) in [4.78, 5) is 22.9. The molecule has 6 heteroatoms. The number of carbonyl (C=O) groups is 2. The number of halogens is 1. The van der Waals surface area contributed by atoms with Crippen molar-refractivity contribution in [2.45, 2.75) is 12.8 Å². The lowest BCUT2D eigenvalue weighted by atomic mass is 10.2. The fourth-order valence-electron chi connectivity index (χ4n) is 1.36. The Kier molecular flexibility index (Phi) is 5.61. The van der Waals surface area contributed by atoms with Gasteiger partial charge >= 0.3 is 5.97 Å². The van der Waals surface area contributed by atoms with Crippen molar-refractivity contribution < 1.29 is 14.3 Å². The number of amides is 1. The van der Waals surface area contributed by atoms with E-state index in [1.807, 2.05) is 0 Å². The maximum Gasteiger partial charge on any atom is 0.339 e. The van der Waals surface area contributed by atoms with Gasteiger partial charge in [-0.15, -0.1) is 0 Å². The van der Waals surface area contributed by atoms with Gasteiger partial charge in [0.15, 0.2) is 0 Å². The Morgan fingerprint density at radius 3 is 2.78 bits per heavy atom. The zero-order valence-corrected chi connectivity index (χ0v) is 10.8. The lowest BCUT2D eigenvalue weighted by molar-refractivity contribution is -0.116. The molecule has 0 spiro atoms. The molecule has 0 aliphatic rings. The van der Waals surface area contributed by atoms with Gasteiger partial charge < -0.3 is 15.8 Å². The van der Waals surface area contributed by atoms with Crippen LogP contribution in [0.15, 0.2) is 18.2 Å². The van der Waals surface area contributed by atoms with Crippen molar-refractivity contribution in [1.82, 2.24) is 0 Å². The van der Waals surface area contributed by atoms with Gasteiger partial charge in [-0.2, -0.15) is 0 Å². The average Bonchev–Trinajstić information content (AvgIpc) is 2.37. The minimum absolute atomic E-state index is 0.154. The molecule has 1 aromatic rings. The summed E-state index contributed by atoms with van der Waals surface area (Å²) in [6, 6.07) is 4.63. The summed E-state index contributed by atoms with van der Waals surface area (Å²) in [6.07, 6.45) is 0.954.